The number of nitrogens with zero attached hydrogens (tertiary/aromatic N) is 5. The fourth-order valence-corrected chi connectivity index (χ4v) is 2.04. The third-order valence-electron chi connectivity index (χ3n) is 2.42. The number of esters is 1. The van der Waals surface area contributed by atoms with Gasteiger partial charge in [-0.25, -0.2) is 9.78 Å². The molecule has 2 rings (SSSR count). The number of fused-ring (bicyclic) bond motifs is 1. The number of carbonyl (C=O) groups is 1. The van der Waals surface area contributed by atoms with Crippen LogP contribution in [0.5, 0.6) is 0 Å². The van der Waals surface area contributed by atoms with Gasteiger partial charge in [-0.1, -0.05) is 11.8 Å². The summed E-state index contributed by atoms with van der Waals surface area (Å²) in [4.78, 5) is 20.2. The molecule has 0 aliphatic carbocycles. The average molecular weight is 291 g/mol. The predicted octanol–water partition coefficient (Wildman–Crippen LogP) is 1.61. The summed E-state index contributed by atoms with van der Waals surface area (Å²) in [6.07, 6.45) is 1.23. The van der Waals surface area contributed by atoms with Crippen LogP contribution in [0.3, 0.4) is 0 Å². The lowest BCUT2D eigenvalue weighted by molar-refractivity contribution is 0.0375. The van der Waals surface area contributed by atoms with E-state index in [0.29, 0.717) is 22.2 Å². The smallest absolute Gasteiger partial charge is 0.341 e. The molecule has 0 N–H and O–H groups in total. The van der Waals surface area contributed by atoms with Crippen LogP contribution in [-0.4, -0.2) is 37.4 Å². The lowest BCUT2D eigenvalue weighted by Crippen LogP contribution is -2.15. The standard InChI is InChI=1S/C12H13N5O2S/c1-7(2)19-10(18)9-6-14-11-15-12(20-5-4-13)16-17(11)8(9)3/h6-7H,5H2,1-3H3. The van der Waals surface area contributed by atoms with E-state index in [1.54, 1.807) is 20.8 Å². The lowest BCUT2D eigenvalue weighted by Gasteiger charge is -2.09. The number of aryl methyl sites for hydroxylation is 1. The van der Waals surface area contributed by atoms with E-state index in [1.807, 2.05) is 6.07 Å². The summed E-state index contributed by atoms with van der Waals surface area (Å²) < 4.78 is 6.63. The Morgan fingerprint density at radius 3 is 3.00 bits per heavy atom. The highest BCUT2D eigenvalue weighted by atomic mass is 32.2. The second-order valence-electron chi connectivity index (χ2n) is 4.26. The highest BCUT2D eigenvalue weighted by Gasteiger charge is 2.17. The Hall–Kier alpha value is -2.14. The van der Waals surface area contributed by atoms with Gasteiger partial charge in [0.1, 0.15) is 0 Å². The van der Waals surface area contributed by atoms with Gasteiger partial charge in [0.15, 0.2) is 0 Å². The fourth-order valence-electron chi connectivity index (χ4n) is 1.56. The molecule has 0 spiro atoms. The molecule has 0 aliphatic heterocycles. The van der Waals surface area contributed by atoms with E-state index >= 15 is 0 Å². The molecule has 2 aromatic rings. The van der Waals surface area contributed by atoms with Crippen molar-refractivity contribution in [1.82, 2.24) is 19.6 Å². The molecule has 0 aliphatic rings. The summed E-state index contributed by atoms with van der Waals surface area (Å²) >= 11 is 1.22. The highest BCUT2D eigenvalue weighted by Crippen LogP contribution is 2.16. The summed E-state index contributed by atoms with van der Waals surface area (Å²) in [5.41, 5.74) is 0.963. The van der Waals surface area contributed by atoms with Crippen LogP contribution in [0.4, 0.5) is 0 Å². The van der Waals surface area contributed by atoms with Gasteiger partial charge in [0.2, 0.25) is 5.16 Å². The van der Waals surface area contributed by atoms with Crippen LogP contribution in [-0.2, 0) is 4.74 Å². The minimum atomic E-state index is -0.436. The Kier molecular flexibility index (Phi) is 4.20. The molecule has 0 aromatic carbocycles. The van der Waals surface area contributed by atoms with Crippen molar-refractivity contribution in [3.63, 3.8) is 0 Å². The van der Waals surface area contributed by atoms with E-state index < -0.39 is 5.97 Å². The van der Waals surface area contributed by atoms with Crippen molar-refractivity contribution in [3.8, 4) is 6.07 Å². The van der Waals surface area contributed by atoms with E-state index in [-0.39, 0.29) is 11.9 Å². The van der Waals surface area contributed by atoms with E-state index in [0.717, 1.165) is 0 Å². The first-order valence-corrected chi connectivity index (χ1v) is 6.94. The largest absolute Gasteiger partial charge is 0.459 e. The summed E-state index contributed by atoms with van der Waals surface area (Å²) in [5.74, 6) is 0.218. The molecule has 2 heterocycles. The van der Waals surface area contributed by atoms with Gasteiger partial charge in [0.25, 0.3) is 5.78 Å². The SMILES string of the molecule is Cc1c(C(=O)OC(C)C)cnc2nc(SCC#N)nn12. The zero-order chi connectivity index (χ0) is 14.7. The zero-order valence-electron chi connectivity index (χ0n) is 11.3. The van der Waals surface area contributed by atoms with Gasteiger partial charge >= 0.3 is 5.97 Å². The Bertz CT molecular complexity index is 689. The van der Waals surface area contributed by atoms with E-state index in [4.69, 9.17) is 10.00 Å². The van der Waals surface area contributed by atoms with Crippen LogP contribution in [0.15, 0.2) is 11.4 Å². The number of nitriles is 1. The Balaban J connectivity index is 2.38. The van der Waals surface area contributed by atoms with Crippen molar-refractivity contribution in [2.24, 2.45) is 0 Å². The first kappa shape index (κ1) is 14.3. The number of thioether (sulfide) groups is 1. The number of aromatic nitrogens is 4. The van der Waals surface area contributed by atoms with Crippen molar-refractivity contribution < 1.29 is 9.53 Å². The number of ether oxygens (including phenoxy) is 1. The van der Waals surface area contributed by atoms with Crippen LogP contribution < -0.4 is 0 Å². The van der Waals surface area contributed by atoms with Crippen molar-refractivity contribution in [2.45, 2.75) is 32.0 Å². The number of hydrogen-bond donors (Lipinski definition) is 0. The van der Waals surface area contributed by atoms with Crippen LogP contribution in [0.25, 0.3) is 5.78 Å². The number of rotatable bonds is 4. The van der Waals surface area contributed by atoms with E-state index in [9.17, 15) is 4.79 Å². The topological polar surface area (TPSA) is 93.2 Å². The normalized spacial score (nSPS) is 10.8. The maximum atomic E-state index is 11.9. The molecular weight excluding hydrogens is 278 g/mol. The average Bonchev–Trinajstić information content (AvgIpc) is 2.79. The van der Waals surface area contributed by atoms with Crippen molar-refractivity contribution in [1.29, 1.82) is 5.26 Å². The van der Waals surface area contributed by atoms with Gasteiger partial charge < -0.3 is 4.74 Å². The molecule has 0 bridgehead atoms. The Labute approximate surface area is 120 Å². The summed E-state index contributed by atoms with van der Waals surface area (Å²) in [5, 5.41) is 13.2. The summed E-state index contributed by atoms with van der Waals surface area (Å²) in [7, 11) is 0. The van der Waals surface area contributed by atoms with Crippen LogP contribution >= 0.6 is 11.8 Å². The molecule has 0 radical (unpaired) electrons. The predicted molar refractivity (Wildman–Crippen MR) is 72.4 cm³/mol. The van der Waals surface area contributed by atoms with Gasteiger partial charge in [-0.15, -0.1) is 5.10 Å². The molecule has 0 unspecified atom stereocenters. The third-order valence-corrected chi connectivity index (χ3v) is 3.12. The van der Waals surface area contributed by atoms with Gasteiger partial charge in [0, 0.05) is 6.20 Å². The molecule has 7 nitrogen and oxygen atoms in total. The van der Waals surface area contributed by atoms with Crippen molar-refractivity contribution in [3.05, 3.63) is 17.5 Å². The maximum Gasteiger partial charge on any atom is 0.341 e. The summed E-state index contributed by atoms with van der Waals surface area (Å²) in [6.45, 7) is 5.32. The second kappa shape index (κ2) is 5.88. The van der Waals surface area contributed by atoms with Gasteiger partial charge in [-0.05, 0) is 20.8 Å². The number of carbonyl (C=O) groups excluding carboxylic acids is 1. The van der Waals surface area contributed by atoms with E-state index in [2.05, 4.69) is 15.1 Å². The van der Waals surface area contributed by atoms with Crippen LogP contribution in [0, 0.1) is 18.3 Å². The highest BCUT2D eigenvalue weighted by molar-refractivity contribution is 7.99. The molecule has 20 heavy (non-hydrogen) atoms. The Morgan fingerprint density at radius 1 is 1.60 bits per heavy atom. The molecule has 104 valence electrons. The van der Waals surface area contributed by atoms with Crippen LogP contribution in [0.1, 0.15) is 29.9 Å². The lowest BCUT2D eigenvalue weighted by atomic mass is 10.2. The minimum Gasteiger partial charge on any atom is -0.459 e. The van der Waals surface area contributed by atoms with E-state index in [1.165, 1.54) is 22.5 Å². The van der Waals surface area contributed by atoms with Gasteiger partial charge in [-0.3, -0.25) is 0 Å². The fraction of sp³-hybridized carbons (Fsp3) is 0.417. The molecule has 0 saturated heterocycles. The second-order valence-corrected chi connectivity index (χ2v) is 5.21. The quantitative estimate of drug-likeness (QED) is 0.624. The van der Waals surface area contributed by atoms with Gasteiger partial charge in [0.05, 0.1) is 29.2 Å². The van der Waals surface area contributed by atoms with Crippen LogP contribution in [0.2, 0.25) is 0 Å². The molecule has 0 atom stereocenters. The third kappa shape index (κ3) is 2.88. The maximum absolute atomic E-state index is 11.9. The molecule has 0 amide bonds. The van der Waals surface area contributed by atoms with Crippen molar-refractivity contribution >= 4 is 23.5 Å². The first-order valence-electron chi connectivity index (χ1n) is 5.96. The molecule has 2 aromatic heterocycles. The number of hydrogen-bond acceptors (Lipinski definition) is 7. The van der Waals surface area contributed by atoms with Gasteiger partial charge in [-0.2, -0.15) is 14.8 Å². The monoisotopic (exact) mass is 291 g/mol. The molecule has 0 saturated carbocycles. The molecule has 0 fully saturated rings. The first-order chi connectivity index (χ1) is 9.52. The minimum absolute atomic E-state index is 0.199. The van der Waals surface area contributed by atoms with Crippen molar-refractivity contribution in [2.75, 3.05) is 5.75 Å². The molecular formula is C12H13N5O2S. The Morgan fingerprint density at radius 2 is 2.35 bits per heavy atom. The molecule has 8 heteroatoms. The zero-order valence-corrected chi connectivity index (χ0v) is 12.1. The summed E-state index contributed by atoms with van der Waals surface area (Å²) in [6, 6.07) is 2.01.